The third-order valence-corrected chi connectivity index (χ3v) is 4.13. The van der Waals surface area contributed by atoms with Gasteiger partial charge in [0.2, 0.25) is 5.91 Å². The van der Waals surface area contributed by atoms with Crippen LogP contribution in [0.1, 0.15) is 79.1 Å². The van der Waals surface area contributed by atoms with Crippen molar-refractivity contribution in [2.45, 2.75) is 91.1 Å². The SMILES string of the molecule is CCCCCCCC(=O)N(C1CC1)C(C)C(C)C. The fraction of sp³-hybridized carbons (Fsp3) is 0.938. The Labute approximate surface area is 113 Å². The number of carbonyl (C=O) groups is 1. The number of hydrogen-bond acceptors (Lipinski definition) is 1. The highest BCUT2D eigenvalue weighted by molar-refractivity contribution is 5.77. The van der Waals surface area contributed by atoms with Gasteiger partial charge in [0, 0.05) is 18.5 Å². The van der Waals surface area contributed by atoms with Gasteiger partial charge >= 0.3 is 0 Å². The molecule has 1 saturated carbocycles. The summed E-state index contributed by atoms with van der Waals surface area (Å²) in [6.45, 7) is 8.87. The number of amides is 1. The molecular weight excluding hydrogens is 222 g/mol. The molecule has 0 aromatic rings. The van der Waals surface area contributed by atoms with E-state index in [1.165, 1.54) is 38.5 Å². The molecule has 0 heterocycles. The Balaban J connectivity index is 2.31. The number of hydrogen-bond donors (Lipinski definition) is 0. The van der Waals surface area contributed by atoms with Gasteiger partial charge in [0.05, 0.1) is 0 Å². The van der Waals surface area contributed by atoms with Gasteiger partial charge in [-0.05, 0) is 32.1 Å². The van der Waals surface area contributed by atoms with Gasteiger partial charge in [-0.3, -0.25) is 4.79 Å². The third-order valence-electron chi connectivity index (χ3n) is 4.13. The van der Waals surface area contributed by atoms with Gasteiger partial charge in [-0.1, -0.05) is 46.5 Å². The Morgan fingerprint density at radius 1 is 1.11 bits per heavy atom. The monoisotopic (exact) mass is 253 g/mol. The molecule has 0 radical (unpaired) electrons. The molecule has 18 heavy (non-hydrogen) atoms. The van der Waals surface area contributed by atoms with Gasteiger partial charge in [-0.25, -0.2) is 0 Å². The molecule has 1 unspecified atom stereocenters. The van der Waals surface area contributed by atoms with E-state index in [1.54, 1.807) is 0 Å². The smallest absolute Gasteiger partial charge is 0.223 e. The molecule has 1 rings (SSSR count). The summed E-state index contributed by atoms with van der Waals surface area (Å²) in [7, 11) is 0. The van der Waals surface area contributed by atoms with Crippen LogP contribution in [0.15, 0.2) is 0 Å². The average molecular weight is 253 g/mol. The number of unbranched alkanes of at least 4 members (excludes halogenated alkanes) is 4. The zero-order valence-electron chi connectivity index (χ0n) is 12.7. The van der Waals surface area contributed by atoms with E-state index in [0.29, 0.717) is 23.9 Å². The van der Waals surface area contributed by atoms with Gasteiger partial charge in [0.1, 0.15) is 0 Å². The first kappa shape index (κ1) is 15.5. The van der Waals surface area contributed by atoms with E-state index in [0.717, 1.165) is 12.8 Å². The molecule has 2 heteroatoms. The molecular formula is C16H31NO. The lowest BCUT2D eigenvalue weighted by Gasteiger charge is -2.32. The Morgan fingerprint density at radius 3 is 2.22 bits per heavy atom. The van der Waals surface area contributed by atoms with Crippen molar-refractivity contribution in [3.05, 3.63) is 0 Å². The first-order chi connectivity index (χ1) is 8.57. The Morgan fingerprint density at radius 2 is 1.72 bits per heavy atom. The van der Waals surface area contributed by atoms with E-state index in [9.17, 15) is 4.79 Å². The maximum atomic E-state index is 12.3. The summed E-state index contributed by atoms with van der Waals surface area (Å²) < 4.78 is 0. The molecule has 1 atom stereocenters. The van der Waals surface area contributed by atoms with Gasteiger partial charge in [-0.2, -0.15) is 0 Å². The maximum Gasteiger partial charge on any atom is 0.223 e. The first-order valence-electron chi connectivity index (χ1n) is 7.89. The minimum atomic E-state index is 0.398. The standard InChI is InChI=1S/C16H31NO/c1-5-6-7-8-9-10-16(18)17(15-11-12-15)14(4)13(2)3/h13-15H,5-12H2,1-4H3. The quantitative estimate of drug-likeness (QED) is 0.558. The molecule has 0 aliphatic heterocycles. The molecule has 106 valence electrons. The van der Waals surface area contributed by atoms with Gasteiger partial charge < -0.3 is 4.90 Å². The lowest BCUT2D eigenvalue weighted by atomic mass is 10.0. The van der Waals surface area contributed by atoms with Gasteiger partial charge in [0.15, 0.2) is 0 Å². The lowest BCUT2D eigenvalue weighted by Crippen LogP contribution is -2.43. The van der Waals surface area contributed by atoms with Crippen molar-refractivity contribution < 1.29 is 4.79 Å². The molecule has 0 bridgehead atoms. The van der Waals surface area contributed by atoms with Gasteiger partial charge in [0.25, 0.3) is 0 Å². The predicted octanol–water partition coefficient (Wildman–Crippen LogP) is 4.38. The molecule has 2 nitrogen and oxygen atoms in total. The van der Waals surface area contributed by atoms with Crippen molar-refractivity contribution in [2.75, 3.05) is 0 Å². The van der Waals surface area contributed by atoms with Gasteiger partial charge in [-0.15, -0.1) is 0 Å². The fourth-order valence-electron chi connectivity index (χ4n) is 2.45. The van der Waals surface area contributed by atoms with Crippen LogP contribution in [0.25, 0.3) is 0 Å². The predicted molar refractivity (Wildman–Crippen MR) is 77.5 cm³/mol. The second kappa shape index (κ2) is 7.81. The van der Waals surface area contributed by atoms with E-state index in [2.05, 4.69) is 32.6 Å². The molecule has 1 fully saturated rings. The lowest BCUT2D eigenvalue weighted by molar-refractivity contribution is -0.134. The normalized spacial score (nSPS) is 16.9. The first-order valence-corrected chi connectivity index (χ1v) is 7.89. The second-order valence-electron chi connectivity index (χ2n) is 6.18. The molecule has 0 N–H and O–H groups in total. The van der Waals surface area contributed by atoms with Crippen LogP contribution >= 0.6 is 0 Å². The number of carbonyl (C=O) groups excluding carboxylic acids is 1. The van der Waals surface area contributed by atoms with Crippen molar-refractivity contribution in [3.63, 3.8) is 0 Å². The summed E-state index contributed by atoms with van der Waals surface area (Å²) >= 11 is 0. The summed E-state index contributed by atoms with van der Waals surface area (Å²) in [6.07, 6.45) is 9.36. The molecule has 0 aromatic carbocycles. The van der Waals surface area contributed by atoms with Crippen LogP contribution in [-0.2, 0) is 4.79 Å². The maximum absolute atomic E-state index is 12.3. The number of nitrogens with zero attached hydrogens (tertiary/aromatic N) is 1. The fourth-order valence-corrected chi connectivity index (χ4v) is 2.45. The Hall–Kier alpha value is -0.530. The third kappa shape index (κ3) is 4.99. The number of rotatable bonds is 9. The summed E-state index contributed by atoms with van der Waals surface area (Å²) in [5.41, 5.74) is 0. The Bertz CT molecular complexity index is 245. The Kier molecular flexibility index (Phi) is 6.73. The van der Waals surface area contributed by atoms with Crippen LogP contribution < -0.4 is 0 Å². The highest BCUT2D eigenvalue weighted by atomic mass is 16.2. The van der Waals surface area contributed by atoms with Crippen LogP contribution in [-0.4, -0.2) is 22.9 Å². The molecule has 0 saturated heterocycles. The van der Waals surface area contributed by atoms with Crippen molar-refractivity contribution >= 4 is 5.91 Å². The van der Waals surface area contributed by atoms with Crippen molar-refractivity contribution in [1.82, 2.24) is 4.90 Å². The van der Waals surface area contributed by atoms with E-state index in [4.69, 9.17) is 0 Å². The van der Waals surface area contributed by atoms with E-state index in [1.807, 2.05) is 0 Å². The van der Waals surface area contributed by atoms with Crippen molar-refractivity contribution in [1.29, 1.82) is 0 Å². The van der Waals surface area contributed by atoms with Crippen LogP contribution in [0.3, 0.4) is 0 Å². The zero-order chi connectivity index (χ0) is 13.5. The summed E-state index contributed by atoms with van der Waals surface area (Å²) in [5, 5.41) is 0. The molecule has 1 amide bonds. The van der Waals surface area contributed by atoms with Crippen LogP contribution in [0, 0.1) is 5.92 Å². The van der Waals surface area contributed by atoms with Crippen LogP contribution in [0.2, 0.25) is 0 Å². The van der Waals surface area contributed by atoms with Crippen molar-refractivity contribution in [3.8, 4) is 0 Å². The highest BCUT2D eigenvalue weighted by Crippen LogP contribution is 2.31. The van der Waals surface area contributed by atoms with Crippen molar-refractivity contribution in [2.24, 2.45) is 5.92 Å². The van der Waals surface area contributed by atoms with E-state index >= 15 is 0 Å². The molecule has 0 spiro atoms. The van der Waals surface area contributed by atoms with E-state index < -0.39 is 0 Å². The highest BCUT2D eigenvalue weighted by Gasteiger charge is 2.35. The zero-order valence-corrected chi connectivity index (χ0v) is 12.7. The summed E-state index contributed by atoms with van der Waals surface area (Å²) in [4.78, 5) is 14.5. The molecule has 1 aliphatic carbocycles. The summed E-state index contributed by atoms with van der Waals surface area (Å²) in [5.74, 6) is 0.963. The van der Waals surface area contributed by atoms with E-state index in [-0.39, 0.29) is 0 Å². The average Bonchev–Trinajstić information content (AvgIpc) is 3.13. The molecule has 0 aromatic heterocycles. The molecule has 1 aliphatic rings. The second-order valence-corrected chi connectivity index (χ2v) is 6.18. The topological polar surface area (TPSA) is 20.3 Å². The van der Waals surface area contributed by atoms with Crippen LogP contribution in [0.4, 0.5) is 0 Å². The summed E-state index contributed by atoms with van der Waals surface area (Å²) in [6, 6.07) is 0.964. The minimum Gasteiger partial charge on any atom is -0.337 e. The largest absolute Gasteiger partial charge is 0.337 e. The van der Waals surface area contributed by atoms with Crippen LogP contribution in [0.5, 0.6) is 0 Å². The minimum absolute atomic E-state index is 0.398.